The van der Waals surface area contributed by atoms with E-state index in [2.05, 4.69) is 5.32 Å². The molecule has 0 unspecified atom stereocenters. The third-order valence-electron chi connectivity index (χ3n) is 3.91. The average Bonchev–Trinajstić information content (AvgIpc) is 2.39. The van der Waals surface area contributed by atoms with Crippen LogP contribution in [-0.2, 0) is 11.3 Å². The zero-order valence-electron chi connectivity index (χ0n) is 12.5. The van der Waals surface area contributed by atoms with E-state index >= 15 is 0 Å². The van der Waals surface area contributed by atoms with Crippen LogP contribution in [0.3, 0.4) is 0 Å². The summed E-state index contributed by atoms with van der Waals surface area (Å²) in [6.45, 7) is 5.51. The molecule has 1 fully saturated rings. The number of carbonyl (C=O) groups is 1. The highest BCUT2D eigenvalue weighted by Gasteiger charge is 2.42. The Balaban J connectivity index is 2.48. The molecule has 1 heterocycles. The monoisotopic (exact) mass is 279 g/mol. The van der Waals surface area contributed by atoms with E-state index in [1.807, 2.05) is 31.9 Å². The number of halogens is 1. The number of piperazine rings is 1. The van der Waals surface area contributed by atoms with E-state index in [-0.39, 0.29) is 11.7 Å². The number of hydrogen-bond donors (Lipinski definition) is 1. The highest BCUT2D eigenvalue weighted by atomic mass is 19.1. The second-order valence-corrected chi connectivity index (χ2v) is 5.72. The van der Waals surface area contributed by atoms with E-state index in [0.29, 0.717) is 25.3 Å². The quantitative estimate of drug-likeness (QED) is 0.913. The minimum Gasteiger partial charge on any atom is -0.353 e. The van der Waals surface area contributed by atoms with Crippen LogP contribution in [0.2, 0.25) is 0 Å². The van der Waals surface area contributed by atoms with Crippen LogP contribution in [0.15, 0.2) is 18.2 Å². The molecule has 2 rings (SSSR count). The maximum absolute atomic E-state index is 14.3. The van der Waals surface area contributed by atoms with Crippen LogP contribution in [0.1, 0.15) is 19.4 Å². The van der Waals surface area contributed by atoms with Crippen LogP contribution in [0.25, 0.3) is 0 Å². The van der Waals surface area contributed by atoms with Crippen LogP contribution in [-0.4, -0.2) is 43.5 Å². The van der Waals surface area contributed by atoms with Gasteiger partial charge in [-0.25, -0.2) is 4.39 Å². The highest BCUT2D eigenvalue weighted by Crippen LogP contribution is 2.33. The molecule has 5 heteroatoms. The molecule has 0 radical (unpaired) electrons. The number of hydrogen-bond acceptors (Lipinski definition) is 3. The fourth-order valence-corrected chi connectivity index (χ4v) is 2.80. The lowest BCUT2D eigenvalue weighted by Gasteiger charge is -2.46. The predicted molar refractivity (Wildman–Crippen MR) is 78.2 cm³/mol. The van der Waals surface area contributed by atoms with Crippen molar-refractivity contribution in [1.29, 1.82) is 0 Å². The molecule has 1 aliphatic rings. The van der Waals surface area contributed by atoms with Gasteiger partial charge < -0.3 is 15.1 Å². The van der Waals surface area contributed by atoms with Gasteiger partial charge in [-0.15, -0.1) is 0 Å². The number of benzene rings is 1. The molecule has 20 heavy (non-hydrogen) atoms. The number of likely N-dealkylation sites (N-methyl/N-ethyl adjacent to an activating group) is 1. The topological polar surface area (TPSA) is 35.6 Å². The third-order valence-corrected chi connectivity index (χ3v) is 3.91. The lowest BCUT2D eigenvalue weighted by Crippen LogP contribution is -2.62. The van der Waals surface area contributed by atoms with E-state index in [1.165, 1.54) is 6.07 Å². The van der Waals surface area contributed by atoms with E-state index in [0.717, 1.165) is 5.56 Å². The van der Waals surface area contributed by atoms with Crippen LogP contribution in [0.5, 0.6) is 0 Å². The molecule has 1 N–H and O–H groups in total. The molecule has 1 aromatic rings. The van der Waals surface area contributed by atoms with Crippen molar-refractivity contribution in [3.8, 4) is 0 Å². The van der Waals surface area contributed by atoms with Crippen molar-refractivity contribution in [2.75, 3.05) is 32.1 Å². The Bertz CT molecular complexity index is 516. The van der Waals surface area contributed by atoms with Gasteiger partial charge in [0.2, 0.25) is 5.91 Å². The van der Waals surface area contributed by atoms with Gasteiger partial charge in [0.25, 0.3) is 0 Å². The average molecular weight is 279 g/mol. The first kappa shape index (κ1) is 14.8. The minimum atomic E-state index is -0.738. The standard InChI is InChI=1S/C15H22FN3O/c1-15(2)14(20)18(4)8-9-19(15)13-11(10-17-3)6-5-7-12(13)16/h5-7,17H,8-10H2,1-4H3. The van der Waals surface area contributed by atoms with Crippen molar-refractivity contribution >= 4 is 11.6 Å². The summed E-state index contributed by atoms with van der Waals surface area (Å²) in [5, 5.41) is 3.05. The molecule has 0 aliphatic carbocycles. The Kier molecular flexibility index (Phi) is 3.99. The molecule has 0 saturated carbocycles. The van der Waals surface area contributed by atoms with Crippen molar-refractivity contribution < 1.29 is 9.18 Å². The first-order valence-corrected chi connectivity index (χ1v) is 6.84. The summed E-state index contributed by atoms with van der Waals surface area (Å²) in [5.41, 5.74) is 0.670. The van der Waals surface area contributed by atoms with Crippen molar-refractivity contribution in [2.24, 2.45) is 0 Å². The summed E-state index contributed by atoms with van der Waals surface area (Å²) >= 11 is 0. The van der Waals surface area contributed by atoms with Crippen LogP contribution < -0.4 is 10.2 Å². The van der Waals surface area contributed by atoms with Gasteiger partial charge in [0, 0.05) is 26.7 Å². The lowest BCUT2D eigenvalue weighted by molar-refractivity contribution is -0.136. The minimum absolute atomic E-state index is 0.0161. The van der Waals surface area contributed by atoms with Crippen LogP contribution in [0, 0.1) is 5.82 Å². The third kappa shape index (κ3) is 2.38. The first-order valence-electron chi connectivity index (χ1n) is 6.84. The van der Waals surface area contributed by atoms with Gasteiger partial charge in [0.1, 0.15) is 11.4 Å². The van der Waals surface area contributed by atoms with Gasteiger partial charge in [-0.05, 0) is 32.5 Å². The predicted octanol–water partition coefficient (Wildman–Crippen LogP) is 1.60. The van der Waals surface area contributed by atoms with E-state index in [1.54, 1.807) is 18.0 Å². The van der Waals surface area contributed by atoms with Gasteiger partial charge in [-0.3, -0.25) is 4.79 Å². The number of nitrogens with one attached hydrogen (secondary N) is 1. The van der Waals surface area contributed by atoms with Crippen molar-refractivity contribution in [1.82, 2.24) is 10.2 Å². The summed E-state index contributed by atoms with van der Waals surface area (Å²) in [5.74, 6) is -0.259. The zero-order chi connectivity index (χ0) is 14.9. The normalized spacial score (nSPS) is 18.6. The largest absolute Gasteiger partial charge is 0.353 e. The lowest BCUT2D eigenvalue weighted by atomic mass is 9.95. The molecule has 1 aromatic carbocycles. The second-order valence-electron chi connectivity index (χ2n) is 5.72. The Morgan fingerprint density at radius 1 is 1.35 bits per heavy atom. The van der Waals surface area contributed by atoms with Crippen molar-refractivity contribution in [3.05, 3.63) is 29.6 Å². The van der Waals surface area contributed by atoms with Gasteiger partial charge in [0.05, 0.1) is 5.69 Å². The summed E-state index contributed by atoms with van der Waals surface area (Å²) < 4.78 is 14.3. The molecular formula is C15H22FN3O. The molecule has 0 atom stereocenters. The van der Waals surface area contributed by atoms with Crippen molar-refractivity contribution in [3.63, 3.8) is 0 Å². The Labute approximate surface area is 119 Å². The van der Waals surface area contributed by atoms with Crippen LogP contribution >= 0.6 is 0 Å². The summed E-state index contributed by atoms with van der Waals surface area (Å²) in [7, 11) is 3.62. The number of para-hydroxylation sites is 1. The number of amides is 1. The summed E-state index contributed by atoms with van der Waals surface area (Å²) in [6.07, 6.45) is 0. The number of carbonyl (C=O) groups excluding carboxylic acids is 1. The van der Waals surface area contributed by atoms with Crippen LogP contribution in [0.4, 0.5) is 10.1 Å². The molecule has 1 amide bonds. The Hall–Kier alpha value is -1.62. The number of rotatable bonds is 3. The van der Waals surface area contributed by atoms with Gasteiger partial charge in [0.15, 0.2) is 0 Å². The molecular weight excluding hydrogens is 257 g/mol. The number of anilines is 1. The first-order chi connectivity index (χ1) is 9.39. The van der Waals surface area contributed by atoms with E-state index < -0.39 is 5.54 Å². The van der Waals surface area contributed by atoms with Gasteiger partial charge in [-0.1, -0.05) is 12.1 Å². The van der Waals surface area contributed by atoms with Gasteiger partial charge >= 0.3 is 0 Å². The second kappa shape index (κ2) is 5.40. The molecule has 0 spiro atoms. The zero-order valence-corrected chi connectivity index (χ0v) is 12.5. The van der Waals surface area contributed by atoms with E-state index in [9.17, 15) is 9.18 Å². The summed E-state index contributed by atoms with van der Waals surface area (Å²) in [6, 6.07) is 5.05. The molecule has 1 aliphatic heterocycles. The smallest absolute Gasteiger partial charge is 0.247 e. The Morgan fingerprint density at radius 2 is 2.05 bits per heavy atom. The maximum Gasteiger partial charge on any atom is 0.247 e. The molecule has 1 saturated heterocycles. The van der Waals surface area contributed by atoms with Gasteiger partial charge in [-0.2, -0.15) is 0 Å². The van der Waals surface area contributed by atoms with Crippen molar-refractivity contribution in [2.45, 2.75) is 25.9 Å². The molecule has 0 bridgehead atoms. The Morgan fingerprint density at radius 3 is 2.70 bits per heavy atom. The molecule has 110 valence electrons. The fraction of sp³-hybridized carbons (Fsp3) is 0.533. The molecule has 4 nitrogen and oxygen atoms in total. The summed E-state index contributed by atoms with van der Waals surface area (Å²) in [4.78, 5) is 15.9. The SMILES string of the molecule is CNCc1cccc(F)c1N1CCN(C)C(=O)C1(C)C. The highest BCUT2D eigenvalue weighted by molar-refractivity contribution is 5.90. The maximum atomic E-state index is 14.3. The number of nitrogens with zero attached hydrogens (tertiary/aromatic N) is 2. The van der Waals surface area contributed by atoms with E-state index in [4.69, 9.17) is 0 Å². The molecule has 0 aromatic heterocycles. The fourth-order valence-electron chi connectivity index (χ4n) is 2.80.